The average molecular weight is 544 g/mol. The van der Waals surface area contributed by atoms with Crippen LogP contribution in [0.2, 0.25) is 5.02 Å². The lowest BCUT2D eigenvalue weighted by molar-refractivity contribution is -0.131. The first-order valence-electron chi connectivity index (χ1n) is 13.4. The van der Waals surface area contributed by atoms with Crippen LogP contribution >= 0.6 is 11.6 Å². The number of halogens is 1. The summed E-state index contributed by atoms with van der Waals surface area (Å²) in [7, 11) is 0. The Kier molecular flexibility index (Phi) is 7.26. The summed E-state index contributed by atoms with van der Waals surface area (Å²) >= 11 is 6.35. The predicted octanol–water partition coefficient (Wildman–Crippen LogP) is 4.54. The quantitative estimate of drug-likeness (QED) is 0.340. The summed E-state index contributed by atoms with van der Waals surface area (Å²) in [6, 6.07) is 21.6. The van der Waals surface area contributed by atoms with Crippen molar-refractivity contribution in [2.75, 3.05) is 26.2 Å². The first-order valence-corrected chi connectivity index (χ1v) is 13.7. The Morgan fingerprint density at radius 2 is 1.64 bits per heavy atom. The van der Waals surface area contributed by atoms with Gasteiger partial charge in [-0.25, -0.2) is 4.79 Å². The van der Waals surface area contributed by atoms with Crippen LogP contribution in [-0.4, -0.2) is 73.0 Å². The molecule has 39 heavy (non-hydrogen) atoms. The maximum absolute atomic E-state index is 13.5. The molecule has 200 valence electrons. The SMILES string of the molecule is O=C1CCN(CC2CCN(Cc3ccccc3Cl)CC2)C(=O)N1Cc1nnnn1-c1cccc2ccccc12. The van der Waals surface area contributed by atoms with Crippen LogP contribution in [-0.2, 0) is 17.9 Å². The number of amides is 3. The molecule has 2 saturated heterocycles. The third-order valence-corrected chi connectivity index (χ3v) is 8.13. The van der Waals surface area contributed by atoms with E-state index >= 15 is 0 Å². The standard InChI is InChI=1S/C29H30ClN7O2/c30-25-10-4-2-7-23(25)19-34-15-12-21(13-16-34)18-35-17-14-28(38)36(29(35)39)20-27-31-32-33-37(27)26-11-5-8-22-6-1-3-9-24(22)26/h1-11,21H,12-20H2. The number of likely N-dealkylation sites (tertiary alicyclic amines) is 1. The van der Waals surface area contributed by atoms with Gasteiger partial charge in [0.05, 0.1) is 12.2 Å². The number of aromatic nitrogens is 4. The molecule has 6 rings (SSSR count). The molecule has 0 bridgehead atoms. The molecule has 1 aromatic heterocycles. The number of hydrogen-bond donors (Lipinski definition) is 0. The van der Waals surface area contributed by atoms with Gasteiger partial charge < -0.3 is 4.90 Å². The third-order valence-electron chi connectivity index (χ3n) is 7.76. The molecule has 0 spiro atoms. The zero-order valence-corrected chi connectivity index (χ0v) is 22.4. The monoisotopic (exact) mass is 543 g/mol. The van der Waals surface area contributed by atoms with E-state index in [2.05, 4.69) is 26.5 Å². The Labute approximate surface area is 231 Å². The van der Waals surface area contributed by atoms with Gasteiger partial charge in [-0.2, -0.15) is 4.68 Å². The van der Waals surface area contributed by atoms with E-state index in [4.69, 9.17) is 11.6 Å². The lowest BCUT2D eigenvalue weighted by atomic mass is 9.95. The molecule has 3 amide bonds. The second-order valence-corrected chi connectivity index (χ2v) is 10.7. The van der Waals surface area contributed by atoms with Crippen molar-refractivity contribution in [1.29, 1.82) is 0 Å². The molecule has 10 heteroatoms. The highest BCUT2D eigenvalue weighted by Gasteiger charge is 2.35. The van der Waals surface area contributed by atoms with Gasteiger partial charge in [0.15, 0.2) is 5.82 Å². The molecule has 0 saturated carbocycles. The van der Waals surface area contributed by atoms with Crippen LogP contribution in [0.5, 0.6) is 0 Å². The van der Waals surface area contributed by atoms with E-state index < -0.39 is 0 Å². The molecule has 2 fully saturated rings. The Bertz CT molecular complexity index is 1490. The predicted molar refractivity (Wildman–Crippen MR) is 148 cm³/mol. The van der Waals surface area contributed by atoms with Crippen molar-refractivity contribution in [3.63, 3.8) is 0 Å². The number of piperidine rings is 1. The summed E-state index contributed by atoms with van der Waals surface area (Å²) in [5, 5.41) is 15.1. The van der Waals surface area contributed by atoms with Crippen LogP contribution in [0, 0.1) is 5.92 Å². The van der Waals surface area contributed by atoms with Crippen molar-refractivity contribution in [3.05, 3.63) is 83.1 Å². The minimum absolute atomic E-state index is 0.0284. The number of benzene rings is 3. The topological polar surface area (TPSA) is 87.5 Å². The molecule has 2 aliphatic rings. The molecule has 4 aromatic rings. The molecule has 2 aliphatic heterocycles. The van der Waals surface area contributed by atoms with Crippen molar-refractivity contribution < 1.29 is 9.59 Å². The highest BCUT2D eigenvalue weighted by molar-refractivity contribution is 6.31. The molecule has 3 heterocycles. The van der Waals surface area contributed by atoms with E-state index in [0.29, 0.717) is 31.3 Å². The van der Waals surface area contributed by atoms with E-state index in [9.17, 15) is 9.59 Å². The number of carbonyl (C=O) groups is 2. The fourth-order valence-electron chi connectivity index (χ4n) is 5.60. The second kappa shape index (κ2) is 11.1. The molecule has 0 unspecified atom stereocenters. The number of carbonyl (C=O) groups excluding carboxylic acids is 2. The third kappa shape index (κ3) is 5.37. The summed E-state index contributed by atoms with van der Waals surface area (Å²) in [6.07, 6.45) is 2.30. The van der Waals surface area contributed by atoms with E-state index in [0.717, 1.165) is 59.5 Å². The molecule has 0 atom stereocenters. The van der Waals surface area contributed by atoms with Crippen LogP contribution in [0.1, 0.15) is 30.7 Å². The van der Waals surface area contributed by atoms with Crippen LogP contribution in [0.25, 0.3) is 16.5 Å². The van der Waals surface area contributed by atoms with E-state index in [1.54, 1.807) is 4.68 Å². The number of hydrogen-bond acceptors (Lipinski definition) is 6. The first kappa shape index (κ1) is 25.5. The zero-order valence-electron chi connectivity index (χ0n) is 21.6. The van der Waals surface area contributed by atoms with Crippen molar-refractivity contribution >= 4 is 34.3 Å². The number of nitrogens with zero attached hydrogens (tertiary/aromatic N) is 7. The van der Waals surface area contributed by atoms with Crippen molar-refractivity contribution in [1.82, 2.24) is 34.9 Å². The van der Waals surface area contributed by atoms with Crippen LogP contribution in [0.4, 0.5) is 4.79 Å². The second-order valence-electron chi connectivity index (χ2n) is 10.3. The number of rotatable bonds is 7. The highest BCUT2D eigenvalue weighted by Crippen LogP contribution is 2.26. The van der Waals surface area contributed by atoms with Gasteiger partial charge in [0.1, 0.15) is 0 Å². The normalized spacial score (nSPS) is 17.4. The van der Waals surface area contributed by atoms with Gasteiger partial charge in [-0.3, -0.25) is 14.6 Å². The molecule has 3 aromatic carbocycles. The van der Waals surface area contributed by atoms with Gasteiger partial charge in [0.25, 0.3) is 0 Å². The maximum Gasteiger partial charge on any atom is 0.327 e. The summed E-state index contributed by atoms with van der Waals surface area (Å²) in [6.45, 7) is 3.88. The fraction of sp³-hybridized carbons (Fsp3) is 0.345. The van der Waals surface area contributed by atoms with E-state index in [1.807, 2.05) is 65.6 Å². The summed E-state index contributed by atoms with van der Waals surface area (Å²) in [4.78, 5) is 31.9. The van der Waals surface area contributed by atoms with Gasteiger partial charge in [-0.15, -0.1) is 5.10 Å². The Morgan fingerprint density at radius 1 is 0.872 bits per heavy atom. The molecular formula is C29H30ClN7O2. The Morgan fingerprint density at radius 3 is 2.49 bits per heavy atom. The van der Waals surface area contributed by atoms with E-state index in [-0.39, 0.29) is 18.5 Å². The summed E-state index contributed by atoms with van der Waals surface area (Å²) in [5.74, 6) is 0.647. The van der Waals surface area contributed by atoms with Gasteiger partial charge in [-0.05, 0) is 65.4 Å². The van der Waals surface area contributed by atoms with Gasteiger partial charge in [0, 0.05) is 36.5 Å². The van der Waals surface area contributed by atoms with Crippen LogP contribution < -0.4 is 0 Å². The van der Waals surface area contributed by atoms with Crippen LogP contribution in [0.3, 0.4) is 0 Å². The first-order chi connectivity index (χ1) is 19.1. The number of fused-ring (bicyclic) bond motifs is 1. The Hall–Kier alpha value is -3.82. The summed E-state index contributed by atoms with van der Waals surface area (Å²) in [5.41, 5.74) is 1.95. The lowest BCUT2D eigenvalue weighted by Gasteiger charge is -2.38. The van der Waals surface area contributed by atoms with E-state index in [1.165, 1.54) is 4.90 Å². The maximum atomic E-state index is 13.5. The fourth-order valence-corrected chi connectivity index (χ4v) is 5.79. The number of imide groups is 1. The van der Waals surface area contributed by atoms with Crippen molar-refractivity contribution in [2.24, 2.45) is 5.92 Å². The molecular weight excluding hydrogens is 514 g/mol. The average Bonchev–Trinajstić information content (AvgIpc) is 3.42. The van der Waals surface area contributed by atoms with Gasteiger partial charge >= 0.3 is 6.03 Å². The number of tetrazole rings is 1. The largest absolute Gasteiger partial charge is 0.327 e. The molecule has 9 nitrogen and oxygen atoms in total. The lowest BCUT2D eigenvalue weighted by Crippen LogP contribution is -2.53. The van der Waals surface area contributed by atoms with Crippen molar-refractivity contribution in [3.8, 4) is 5.69 Å². The molecule has 0 aliphatic carbocycles. The molecule has 0 radical (unpaired) electrons. The minimum Gasteiger partial charge on any atom is -0.323 e. The van der Waals surface area contributed by atoms with Crippen molar-refractivity contribution in [2.45, 2.75) is 32.4 Å². The smallest absolute Gasteiger partial charge is 0.323 e. The van der Waals surface area contributed by atoms with Gasteiger partial charge in [0.2, 0.25) is 5.91 Å². The molecule has 0 N–H and O–H groups in total. The minimum atomic E-state index is -0.266. The summed E-state index contributed by atoms with van der Waals surface area (Å²) < 4.78 is 1.62. The van der Waals surface area contributed by atoms with Crippen LogP contribution in [0.15, 0.2) is 66.7 Å². The zero-order chi connectivity index (χ0) is 26.8. The number of urea groups is 1. The Balaban J connectivity index is 1.11. The van der Waals surface area contributed by atoms with Gasteiger partial charge in [-0.1, -0.05) is 66.2 Å². The highest BCUT2D eigenvalue weighted by atomic mass is 35.5.